The van der Waals surface area contributed by atoms with Gasteiger partial charge in [0.05, 0.1) is 23.2 Å². The van der Waals surface area contributed by atoms with Gasteiger partial charge in [-0.3, -0.25) is 13.9 Å². The van der Waals surface area contributed by atoms with Crippen LogP contribution in [0.15, 0.2) is 42.5 Å². The molecule has 7 nitrogen and oxygen atoms in total. The van der Waals surface area contributed by atoms with E-state index in [2.05, 4.69) is 10.6 Å². The Labute approximate surface area is 172 Å². The molecular weight excluding hydrogens is 390 g/mol. The Morgan fingerprint density at radius 2 is 1.52 bits per heavy atom. The Kier molecular flexibility index (Phi) is 6.37. The van der Waals surface area contributed by atoms with Crippen molar-refractivity contribution in [3.63, 3.8) is 0 Å². The minimum atomic E-state index is -3.47. The number of nitrogens with zero attached hydrogens (tertiary/aromatic N) is 1. The highest BCUT2D eigenvalue weighted by molar-refractivity contribution is 7.92. The standard InChI is InChI=1S/C21H27N3O4S/c1-14-15(11-9-13-18(14)24(5)29(6,27)28)19(25)22-17-12-8-7-10-16(17)20(26)23-21(2,3)4/h7-13H,1-6H3,(H,22,25)(H,23,26). The number of nitrogens with one attached hydrogen (secondary N) is 2. The third-order valence-corrected chi connectivity index (χ3v) is 5.49. The van der Waals surface area contributed by atoms with Crippen LogP contribution in [0, 0.1) is 6.92 Å². The molecule has 0 aliphatic rings. The number of carbonyl (C=O) groups is 2. The lowest BCUT2D eigenvalue weighted by molar-refractivity contribution is 0.0920. The maximum absolute atomic E-state index is 12.9. The van der Waals surface area contributed by atoms with Gasteiger partial charge in [-0.1, -0.05) is 18.2 Å². The fraction of sp³-hybridized carbons (Fsp3) is 0.333. The zero-order valence-electron chi connectivity index (χ0n) is 17.5. The topological polar surface area (TPSA) is 95.6 Å². The van der Waals surface area contributed by atoms with Gasteiger partial charge in [0.2, 0.25) is 10.0 Å². The van der Waals surface area contributed by atoms with Crippen LogP contribution in [0.4, 0.5) is 11.4 Å². The first-order chi connectivity index (χ1) is 13.3. The van der Waals surface area contributed by atoms with Gasteiger partial charge in [-0.25, -0.2) is 8.42 Å². The van der Waals surface area contributed by atoms with Crippen LogP contribution < -0.4 is 14.9 Å². The Morgan fingerprint density at radius 1 is 0.931 bits per heavy atom. The monoisotopic (exact) mass is 417 g/mol. The predicted molar refractivity (Wildman–Crippen MR) is 116 cm³/mol. The van der Waals surface area contributed by atoms with Crippen LogP contribution in [-0.2, 0) is 10.0 Å². The van der Waals surface area contributed by atoms with Crippen molar-refractivity contribution in [3.8, 4) is 0 Å². The molecule has 0 saturated heterocycles. The van der Waals surface area contributed by atoms with E-state index in [9.17, 15) is 18.0 Å². The average molecular weight is 418 g/mol. The molecule has 0 spiro atoms. The highest BCUT2D eigenvalue weighted by Gasteiger charge is 2.21. The van der Waals surface area contributed by atoms with Crippen molar-refractivity contribution in [1.29, 1.82) is 0 Å². The van der Waals surface area contributed by atoms with Crippen molar-refractivity contribution >= 4 is 33.2 Å². The van der Waals surface area contributed by atoms with Crippen molar-refractivity contribution in [2.24, 2.45) is 0 Å². The first kappa shape index (κ1) is 22.4. The summed E-state index contributed by atoms with van der Waals surface area (Å²) in [5, 5.41) is 5.65. The minimum absolute atomic E-state index is 0.296. The molecule has 0 atom stereocenters. The molecule has 0 radical (unpaired) electrons. The Hall–Kier alpha value is -2.87. The number of rotatable bonds is 5. The maximum Gasteiger partial charge on any atom is 0.256 e. The largest absolute Gasteiger partial charge is 0.347 e. The Morgan fingerprint density at radius 3 is 2.10 bits per heavy atom. The third-order valence-electron chi connectivity index (χ3n) is 4.29. The van der Waals surface area contributed by atoms with Crippen molar-refractivity contribution < 1.29 is 18.0 Å². The zero-order valence-corrected chi connectivity index (χ0v) is 18.3. The minimum Gasteiger partial charge on any atom is -0.347 e. The molecule has 2 rings (SSSR count). The molecule has 0 aliphatic heterocycles. The van der Waals surface area contributed by atoms with E-state index in [1.54, 1.807) is 49.4 Å². The molecule has 29 heavy (non-hydrogen) atoms. The quantitative estimate of drug-likeness (QED) is 0.781. The van der Waals surface area contributed by atoms with Crippen molar-refractivity contribution in [3.05, 3.63) is 59.2 Å². The number of anilines is 2. The number of amides is 2. The van der Waals surface area contributed by atoms with E-state index >= 15 is 0 Å². The summed E-state index contributed by atoms with van der Waals surface area (Å²) in [6.45, 7) is 7.31. The maximum atomic E-state index is 12.9. The predicted octanol–water partition coefficient (Wildman–Crippen LogP) is 3.17. The number of hydrogen-bond acceptors (Lipinski definition) is 4. The highest BCUT2D eigenvalue weighted by Crippen LogP contribution is 2.25. The first-order valence-corrected chi connectivity index (χ1v) is 10.9. The molecule has 0 aromatic heterocycles. The third kappa shape index (κ3) is 5.57. The van der Waals surface area contributed by atoms with Crippen LogP contribution in [0.3, 0.4) is 0 Å². The van der Waals surface area contributed by atoms with E-state index in [0.717, 1.165) is 10.6 Å². The Bertz CT molecular complexity index is 1040. The molecule has 0 unspecified atom stereocenters. The van der Waals surface area contributed by atoms with E-state index in [0.29, 0.717) is 28.1 Å². The first-order valence-electron chi connectivity index (χ1n) is 9.07. The SMILES string of the molecule is Cc1c(C(=O)Nc2ccccc2C(=O)NC(C)(C)C)cccc1N(C)S(C)(=O)=O. The van der Waals surface area contributed by atoms with E-state index in [1.807, 2.05) is 20.8 Å². The van der Waals surface area contributed by atoms with Gasteiger partial charge >= 0.3 is 0 Å². The van der Waals surface area contributed by atoms with Crippen molar-refractivity contribution in [2.75, 3.05) is 22.9 Å². The second-order valence-corrected chi connectivity index (χ2v) is 9.90. The summed E-state index contributed by atoms with van der Waals surface area (Å²) in [5.74, 6) is -0.724. The molecule has 2 aromatic carbocycles. The van der Waals surface area contributed by atoms with Crippen LogP contribution >= 0.6 is 0 Å². The summed E-state index contributed by atoms with van der Waals surface area (Å²) in [4.78, 5) is 25.5. The number of carbonyl (C=O) groups excluding carboxylic acids is 2. The lowest BCUT2D eigenvalue weighted by atomic mass is 10.0. The number of para-hydroxylation sites is 1. The van der Waals surface area contributed by atoms with Crippen LogP contribution in [0.5, 0.6) is 0 Å². The molecule has 156 valence electrons. The fourth-order valence-electron chi connectivity index (χ4n) is 2.78. The molecule has 2 aromatic rings. The van der Waals surface area contributed by atoms with E-state index in [-0.39, 0.29) is 5.91 Å². The van der Waals surface area contributed by atoms with Crippen LogP contribution in [-0.4, -0.2) is 39.1 Å². The van der Waals surface area contributed by atoms with Gasteiger partial charge in [-0.05, 0) is 57.5 Å². The Balaban J connectivity index is 2.37. The lowest BCUT2D eigenvalue weighted by Crippen LogP contribution is -2.40. The molecule has 0 bridgehead atoms. The van der Waals surface area contributed by atoms with Gasteiger partial charge in [-0.15, -0.1) is 0 Å². The van der Waals surface area contributed by atoms with Gasteiger partial charge in [-0.2, -0.15) is 0 Å². The number of benzene rings is 2. The molecule has 8 heteroatoms. The van der Waals surface area contributed by atoms with Gasteiger partial charge < -0.3 is 10.6 Å². The van der Waals surface area contributed by atoms with Gasteiger partial charge in [0, 0.05) is 18.2 Å². The normalized spacial score (nSPS) is 11.7. The summed E-state index contributed by atoms with van der Waals surface area (Å²) >= 11 is 0. The summed E-state index contributed by atoms with van der Waals surface area (Å²) in [5.41, 5.74) is 1.56. The van der Waals surface area contributed by atoms with E-state index in [4.69, 9.17) is 0 Å². The fourth-order valence-corrected chi connectivity index (χ4v) is 3.33. The van der Waals surface area contributed by atoms with Crippen LogP contribution in [0.2, 0.25) is 0 Å². The van der Waals surface area contributed by atoms with Gasteiger partial charge in [0.25, 0.3) is 11.8 Å². The molecule has 0 fully saturated rings. The van der Waals surface area contributed by atoms with E-state index < -0.39 is 21.5 Å². The second-order valence-electron chi connectivity index (χ2n) is 7.88. The molecule has 0 heterocycles. The second kappa shape index (κ2) is 8.24. The smallest absolute Gasteiger partial charge is 0.256 e. The van der Waals surface area contributed by atoms with Crippen molar-refractivity contribution in [1.82, 2.24) is 5.32 Å². The lowest BCUT2D eigenvalue weighted by Gasteiger charge is -2.22. The number of hydrogen-bond donors (Lipinski definition) is 2. The highest BCUT2D eigenvalue weighted by atomic mass is 32.2. The molecule has 2 N–H and O–H groups in total. The van der Waals surface area contributed by atoms with E-state index in [1.165, 1.54) is 7.05 Å². The zero-order chi connectivity index (χ0) is 22.0. The van der Waals surface area contributed by atoms with Gasteiger partial charge in [0.15, 0.2) is 0 Å². The molecule has 0 aliphatic carbocycles. The van der Waals surface area contributed by atoms with Crippen LogP contribution in [0.1, 0.15) is 47.1 Å². The number of sulfonamides is 1. The van der Waals surface area contributed by atoms with Gasteiger partial charge in [0.1, 0.15) is 0 Å². The van der Waals surface area contributed by atoms with Crippen molar-refractivity contribution in [2.45, 2.75) is 33.2 Å². The summed E-state index contributed by atoms with van der Waals surface area (Å²) < 4.78 is 24.9. The molecule has 0 saturated carbocycles. The van der Waals surface area contributed by atoms with Crippen LogP contribution in [0.25, 0.3) is 0 Å². The molecule has 2 amide bonds. The summed E-state index contributed by atoms with van der Waals surface area (Å²) in [7, 11) is -2.03. The molecular formula is C21H27N3O4S. The summed E-state index contributed by atoms with van der Waals surface area (Å²) in [6.07, 6.45) is 1.10. The average Bonchev–Trinajstić information content (AvgIpc) is 2.59. The summed E-state index contributed by atoms with van der Waals surface area (Å²) in [6, 6.07) is 11.6.